The monoisotopic (exact) mass is 438 g/mol. The summed E-state index contributed by atoms with van der Waals surface area (Å²) in [5, 5.41) is 13.9. The van der Waals surface area contributed by atoms with Gasteiger partial charge in [0.25, 0.3) is 0 Å². The molecule has 0 saturated carbocycles. The standard InChI is InChI=1S/C24H26N2O2S2/c1-23(2)22(25)26-24(3,14-30(23,27)28)17-9-11-21-19(13-17)18-12-16(8-10-20(18)29-21)15-6-4-5-7-15/h6,8-13H,4-5,7,14H2,1-3H3,(H2,25,26)/t24-/m0/s1. The molecule has 1 saturated heterocycles. The third-order valence-corrected chi connectivity index (χ3v) is 10.6. The molecule has 2 N–H and O–H groups in total. The van der Waals surface area contributed by atoms with Gasteiger partial charge in [-0.1, -0.05) is 18.2 Å². The number of sulfone groups is 1. The molecule has 2 heterocycles. The van der Waals surface area contributed by atoms with Gasteiger partial charge in [-0.25, -0.2) is 8.42 Å². The number of thiophene rings is 1. The molecule has 6 heteroatoms. The molecule has 2 aliphatic rings. The summed E-state index contributed by atoms with van der Waals surface area (Å²) < 4.78 is 27.1. The number of amidine groups is 1. The molecule has 0 radical (unpaired) electrons. The molecular formula is C24H26N2O2S2. The van der Waals surface area contributed by atoms with Gasteiger partial charge in [-0.05, 0) is 81.0 Å². The third kappa shape index (κ3) is 2.84. The zero-order valence-electron chi connectivity index (χ0n) is 17.5. The van der Waals surface area contributed by atoms with E-state index in [0.717, 1.165) is 23.8 Å². The van der Waals surface area contributed by atoms with Crippen molar-refractivity contribution in [3.05, 3.63) is 53.6 Å². The van der Waals surface area contributed by atoms with Crippen LogP contribution in [0.5, 0.6) is 0 Å². The second-order valence-electron chi connectivity index (χ2n) is 9.25. The van der Waals surface area contributed by atoms with Crippen LogP contribution in [-0.2, 0) is 15.4 Å². The quantitative estimate of drug-likeness (QED) is 0.546. The largest absolute Gasteiger partial charge is 0.362 e. The van der Waals surface area contributed by atoms with Gasteiger partial charge in [0.1, 0.15) is 10.6 Å². The first-order valence-electron chi connectivity index (χ1n) is 10.4. The van der Waals surface area contributed by atoms with Crippen molar-refractivity contribution >= 4 is 52.8 Å². The third-order valence-electron chi connectivity index (χ3n) is 6.78. The van der Waals surface area contributed by atoms with Crippen LogP contribution in [0.15, 0.2) is 42.5 Å². The highest BCUT2D eigenvalue weighted by Gasteiger charge is 2.50. The molecule has 0 amide bonds. The Balaban J connectivity index is 1.64. The van der Waals surface area contributed by atoms with Crippen molar-refractivity contribution in [1.29, 1.82) is 5.41 Å². The zero-order valence-corrected chi connectivity index (χ0v) is 19.1. The average Bonchev–Trinajstić information content (AvgIpc) is 3.33. The Hall–Kier alpha value is -2.18. The fourth-order valence-electron chi connectivity index (χ4n) is 4.59. The molecule has 1 atom stereocenters. The number of allylic oxidation sites excluding steroid dienone is 2. The summed E-state index contributed by atoms with van der Waals surface area (Å²) in [6, 6.07) is 12.9. The molecule has 0 unspecified atom stereocenters. The summed E-state index contributed by atoms with van der Waals surface area (Å²) in [5.41, 5.74) is 2.80. The molecule has 2 aromatic carbocycles. The Kier molecular flexibility index (Phi) is 4.22. The zero-order chi connectivity index (χ0) is 21.3. The topological polar surface area (TPSA) is 70.0 Å². The van der Waals surface area contributed by atoms with Crippen molar-refractivity contribution < 1.29 is 8.42 Å². The van der Waals surface area contributed by atoms with E-state index in [1.165, 1.54) is 32.3 Å². The fraction of sp³-hybridized carbons (Fsp3) is 0.375. The van der Waals surface area contributed by atoms with Gasteiger partial charge in [-0.2, -0.15) is 0 Å². The van der Waals surface area contributed by atoms with E-state index < -0.39 is 20.1 Å². The van der Waals surface area contributed by atoms with Crippen molar-refractivity contribution in [2.24, 2.45) is 0 Å². The van der Waals surface area contributed by atoms with Crippen LogP contribution in [0, 0.1) is 5.41 Å². The van der Waals surface area contributed by atoms with Gasteiger partial charge in [-0.15, -0.1) is 11.3 Å². The van der Waals surface area contributed by atoms with Crippen LogP contribution in [0.25, 0.3) is 25.7 Å². The van der Waals surface area contributed by atoms with E-state index in [2.05, 4.69) is 41.7 Å². The lowest BCUT2D eigenvalue weighted by Gasteiger charge is -2.43. The molecule has 156 valence electrons. The highest BCUT2D eigenvalue weighted by atomic mass is 32.2. The fourth-order valence-corrected chi connectivity index (χ4v) is 7.38. The molecule has 1 aliphatic carbocycles. The Bertz CT molecular complexity index is 1350. The van der Waals surface area contributed by atoms with E-state index in [-0.39, 0.29) is 11.6 Å². The van der Waals surface area contributed by atoms with E-state index in [0.29, 0.717) is 0 Å². The summed E-state index contributed by atoms with van der Waals surface area (Å²) in [6.45, 7) is 5.09. The van der Waals surface area contributed by atoms with E-state index >= 15 is 0 Å². The second kappa shape index (κ2) is 6.41. The number of fused-ring (bicyclic) bond motifs is 3. The Morgan fingerprint density at radius 1 is 1.03 bits per heavy atom. The second-order valence-corrected chi connectivity index (χ2v) is 12.9. The Morgan fingerprint density at radius 3 is 2.40 bits per heavy atom. The van der Waals surface area contributed by atoms with Gasteiger partial charge in [0.2, 0.25) is 0 Å². The molecule has 0 spiro atoms. The number of rotatable bonds is 2. The first kappa shape index (κ1) is 19.8. The maximum absolute atomic E-state index is 12.9. The van der Waals surface area contributed by atoms with Crippen molar-refractivity contribution in [3.8, 4) is 0 Å². The molecule has 0 bridgehead atoms. The van der Waals surface area contributed by atoms with Gasteiger partial charge < -0.3 is 5.32 Å². The number of benzene rings is 2. The smallest absolute Gasteiger partial charge is 0.165 e. The molecule has 1 fully saturated rings. The molecular weight excluding hydrogens is 412 g/mol. The predicted molar refractivity (Wildman–Crippen MR) is 127 cm³/mol. The summed E-state index contributed by atoms with van der Waals surface area (Å²) in [5.74, 6) is 0.0307. The van der Waals surface area contributed by atoms with Gasteiger partial charge in [0, 0.05) is 20.2 Å². The molecule has 3 aromatic rings. The van der Waals surface area contributed by atoms with Crippen molar-refractivity contribution in [2.75, 3.05) is 5.75 Å². The minimum absolute atomic E-state index is 0.0267. The molecule has 1 aromatic heterocycles. The first-order chi connectivity index (χ1) is 14.1. The van der Waals surface area contributed by atoms with Crippen LogP contribution < -0.4 is 5.32 Å². The Morgan fingerprint density at radius 2 is 1.73 bits per heavy atom. The normalized spacial score (nSPS) is 25.4. The van der Waals surface area contributed by atoms with Crippen LogP contribution in [0.2, 0.25) is 0 Å². The van der Waals surface area contributed by atoms with Gasteiger partial charge >= 0.3 is 0 Å². The van der Waals surface area contributed by atoms with E-state index in [9.17, 15) is 8.42 Å². The lowest BCUT2D eigenvalue weighted by molar-refractivity contribution is 0.443. The number of hydrogen-bond donors (Lipinski definition) is 2. The summed E-state index contributed by atoms with van der Waals surface area (Å²) in [4.78, 5) is 0. The van der Waals surface area contributed by atoms with Crippen LogP contribution in [-0.4, -0.2) is 24.8 Å². The Labute approximate surface area is 181 Å². The minimum Gasteiger partial charge on any atom is -0.362 e. The van der Waals surface area contributed by atoms with Gasteiger partial charge in [0.05, 0.1) is 11.3 Å². The van der Waals surface area contributed by atoms with Crippen LogP contribution in [0.4, 0.5) is 0 Å². The number of hydrogen-bond acceptors (Lipinski definition) is 4. The van der Waals surface area contributed by atoms with Crippen molar-refractivity contribution in [3.63, 3.8) is 0 Å². The van der Waals surface area contributed by atoms with Crippen molar-refractivity contribution in [1.82, 2.24) is 5.32 Å². The predicted octanol–water partition coefficient (Wildman–Crippen LogP) is 5.61. The molecule has 1 aliphatic heterocycles. The highest BCUT2D eigenvalue weighted by Crippen LogP contribution is 2.40. The van der Waals surface area contributed by atoms with E-state index in [1.54, 1.807) is 25.2 Å². The summed E-state index contributed by atoms with van der Waals surface area (Å²) >= 11 is 1.77. The van der Waals surface area contributed by atoms with Gasteiger partial charge in [-0.3, -0.25) is 5.41 Å². The van der Waals surface area contributed by atoms with E-state index in [1.807, 2.05) is 13.0 Å². The molecule has 5 rings (SSSR count). The first-order valence-corrected chi connectivity index (χ1v) is 12.8. The number of nitrogens with one attached hydrogen (secondary N) is 2. The lowest BCUT2D eigenvalue weighted by Crippen LogP contribution is -2.63. The van der Waals surface area contributed by atoms with Crippen LogP contribution >= 0.6 is 11.3 Å². The maximum Gasteiger partial charge on any atom is 0.165 e. The molecule has 30 heavy (non-hydrogen) atoms. The maximum atomic E-state index is 12.9. The summed E-state index contributed by atoms with van der Waals surface area (Å²) in [6.07, 6.45) is 5.86. The average molecular weight is 439 g/mol. The van der Waals surface area contributed by atoms with Crippen LogP contribution in [0.3, 0.4) is 0 Å². The minimum atomic E-state index is -3.46. The molecule has 4 nitrogen and oxygen atoms in total. The van der Waals surface area contributed by atoms with E-state index in [4.69, 9.17) is 5.41 Å². The van der Waals surface area contributed by atoms with Gasteiger partial charge in [0.15, 0.2) is 9.84 Å². The SMILES string of the molecule is CC1(C)C(=N)N[C@](C)(c2ccc3sc4ccc(C5=CCCC5)cc4c3c2)CS1(=O)=O. The lowest BCUT2D eigenvalue weighted by atomic mass is 9.91. The summed E-state index contributed by atoms with van der Waals surface area (Å²) in [7, 11) is -3.46. The van der Waals surface area contributed by atoms with Crippen molar-refractivity contribution in [2.45, 2.75) is 50.3 Å². The van der Waals surface area contributed by atoms with Crippen LogP contribution in [0.1, 0.15) is 51.2 Å². The highest BCUT2D eigenvalue weighted by molar-refractivity contribution is 7.93.